The minimum absolute atomic E-state index is 0.161. The van der Waals surface area contributed by atoms with Gasteiger partial charge in [0.15, 0.2) is 0 Å². The minimum Gasteiger partial charge on any atom is -0.497 e. The fraction of sp³-hybridized carbons (Fsp3) is 0.160. The first-order chi connectivity index (χ1) is 15.5. The zero-order valence-corrected chi connectivity index (χ0v) is 18.2. The number of carbonyl (C=O) groups excluding carboxylic acids is 1. The van der Waals surface area contributed by atoms with E-state index in [1.54, 1.807) is 25.6 Å². The Morgan fingerprint density at radius 1 is 1.09 bits per heavy atom. The number of rotatable bonds is 7. The Balaban J connectivity index is 1.74. The third-order valence-corrected chi connectivity index (χ3v) is 5.11. The predicted molar refractivity (Wildman–Crippen MR) is 126 cm³/mol. The fourth-order valence-corrected chi connectivity index (χ4v) is 3.53. The molecule has 7 heteroatoms. The number of H-pyrrole nitrogens is 1. The van der Waals surface area contributed by atoms with Gasteiger partial charge in [0.1, 0.15) is 11.4 Å². The zero-order valence-electron chi connectivity index (χ0n) is 18.2. The van der Waals surface area contributed by atoms with E-state index in [1.165, 1.54) is 7.11 Å². The van der Waals surface area contributed by atoms with Crippen molar-refractivity contribution >= 4 is 22.6 Å². The lowest BCUT2D eigenvalue weighted by Gasteiger charge is -2.12. The largest absolute Gasteiger partial charge is 0.497 e. The molecule has 32 heavy (non-hydrogen) atoms. The number of aromatic nitrogens is 3. The topological polar surface area (TPSA) is 89.1 Å². The first kappa shape index (κ1) is 21.3. The molecule has 4 rings (SSSR count). The average molecular weight is 428 g/mol. The van der Waals surface area contributed by atoms with Crippen molar-refractivity contribution in [1.82, 2.24) is 15.0 Å². The lowest BCUT2D eigenvalue weighted by atomic mass is 10.0. The quantitative estimate of drug-likeness (QED) is 0.415. The summed E-state index contributed by atoms with van der Waals surface area (Å²) in [4.78, 5) is 24.5. The van der Waals surface area contributed by atoms with Gasteiger partial charge in [0, 0.05) is 65.2 Å². The van der Waals surface area contributed by atoms with Gasteiger partial charge in [0.25, 0.3) is 5.91 Å². The number of hydrogen-bond donors (Lipinski definition) is 2. The summed E-state index contributed by atoms with van der Waals surface area (Å²) < 4.78 is 10.4. The first-order valence-electron chi connectivity index (χ1n) is 10.1. The van der Waals surface area contributed by atoms with Crippen LogP contribution in [0, 0.1) is 6.92 Å². The van der Waals surface area contributed by atoms with Gasteiger partial charge in [-0.2, -0.15) is 0 Å². The Morgan fingerprint density at radius 2 is 1.94 bits per heavy atom. The van der Waals surface area contributed by atoms with Crippen molar-refractivity contribution in [3.05, 3.63) is 72.8 Å². The molecule has 7 nitrogen and oxygen atoms in total. The number of nitrogens with one attached hydrogen (secondary N) is 2. The van der Waals surface area contributed by atoms with E-state index in [9.17, 15) is 4.79 Å². The van der Waals surface area contributed by atoms with Crippen molar-refractivity contribution in [2.24, 2.45) is 0 Å². The normalized spacial score (nSPS) is 10.8. The highest BCUT2D eigenvalue weighted by Gasteiger charge is 2.13. The highest BCUT2D eigenvalue weighted by Crippen LogP contribution is 2.33. The molecule has 0 fully saturated rings. The van der Waals surface area contributed by atoms with Crippen LogP contribution in [0.4, 0.5) is 5.69 Å². The smallest absolute Gasteiger partial charge is 0.253 e. The first-order valence-corrected chi connectivity index (χ1v) is 10.1. The van der Waals surface area contributed by atoms with Crippen LogP contribution in [-0.2, 0) is 9.53 Å². The molecule has 1 aromatic carbocycles. The molecule has 3 heterocycles. The molecule has 162 valence electrons. The number of nitrogens with zero attached hydrogens (tertiary/aromatic N) is 2. The standard InChI is InChI=1S/C25H24N4O3/c1-15(14-31-3)25(30)29-20-8-18(9-21(11-20)32-4)19-10-22-23(13-28-24(22)27-12-19)17-5-6-26-16(2)7-17/h5-13H,1,14H2,2-4H3,(H,27,28)(H,29,30). The summed E-state index contributed by atoms with van der Waals surface area (Å²) >= 11 is 0. The van der Waals surface area contributed by atoms with E-state index in [0.29, 0.717) is 17.0 Å². The molecule has 4 aromatic rings. The van der Waals surface area contributed by atoms with Crippen LogP contribution in [-0.4, -0.2) is 41.7 Å². The summed E-state index contributed by atoms with van der Waals surface area (Å²) in [6.07, 6.45) is 5.55. The Kier molecular flexibility index (Phi) is 6.00. The van der Waals surface area contributed by atoms with Gasteiger partial charge in [-0.3, -0.25) is 9.78 Å². The molecule has 2 N–H and O–H groups in total. The monoisotopic (exact) mass is 428 g/mol. The maximum absolute atomic E-state index is 12.4. The molecule has 3 aromatic heterocycles. The van der Waals surface area contributed by atoms with Crippen molar-refractivity contribution in [2.75, 3.05) is 26.1 Å². The van der Waals surface area contributed by atoms with Crippen LogP contribution in [0.25, 0.3) is 33.3 Å². The van der Waals surface area contributed by atoms with E-state index in [-0.39, 0.29) is 12.5 Å². The second kappa shape index (κ2) is 9.03. The van der Waals surface area contributed by atoms with Crippen LogP contribution in [0.15, 0.2) is 67.1 Å². The van der Waals surface area contributed by atoms with Crippen molar-refractivity contribution in [1.29, 1.82) is 0 Å². The number of pyridine rings is 2. The molecular formula is C25H24N4O3. The molecule has 0 spiro atoms. The van der Waals surface area contributed by atoms with Crippen molar-refractivity contribution in [3.63, 3.8) is 0 Å². The van der Waals surface area contributed by atoms with Crippen LogP contribution in [0.2, 0.25) is 0 Å². The number of anilines is 1. The van der Waals surface area contributed by atoms with Crippen molar-refractivity contribution in [3.8, 4) is 28.0 Å². The van der Waals surface area contributed by atoms with Crippen LogP contribution < -0.4 is 10.1 Å². The molecular weight excluding hydrogens is 404 g/mol. The third-order valence-electron chi connectivity index (χ3n) is 5.11. The summed E-state index contributed by atoms with van der Waals surface area (Å²) in [6.45, 7) is 5.88. The number of methoxy groups -OCH3 is 2. The van der Waals surface area contributed by atoms with E-state index in [1.807, 2.05) is 37.4 Å². The van der Waals surface area contributed by atoms with Crippen LogP contribution in [0.1, 0.15) is 5.69 Å². The van der Waals surface area contributed by atoms with E-state index in [0.717, 1.165) is 39.0 Å². The van der Waals surface area contributed by atoms with Gasteiger partial charge < -0.3 is 19.8 Å². The molecule has 0 aliphatic rings. The van der Waals surface area contributed by atoms with E-state index >= 15 is 0 Å². The van der Waals surface area contributed by atoms with E-state index in [2.05, 4.69) is 32.9 Å². The number of carbonyl (C=O) groups is 1. The fourth-order valence-electron chi connectivity index (χ4n) is 3.53. The molecule has 0 saturated carbocycles. The van der Waals surface area contributed by atoms with E-state index in [4.69, 9.17) is 9.47 Å². The summed E-state index contributed by atoms with van der Waals surface area (Å²) in [5.41, 5.74) is 6.56. The molecule has 0 atom stereocenters. The second-order valence-electron chi connectivity index (χ2n) is 7.45. The Morgan fingerprint density at radius 3 is 2.69 bits per heavy atom. The van der Waals surface area contributed by atoms with Crippen molar-refractivity contribution in [2.45, 2.75) is 6.92 Å². The highest BCUT2D eigenvalue weighted by atomic mass is 16.5. The summed E-state index contributed by atoms with van der Waals surface area (Å²) in [6, 6.07) is 11.6. The summed E-state index contributed by atoms with van der Waals surface area (Å²) in [7, 11) is 3.11. The van der Waals surface area contributed by atoms with Gasteiger partial charge in [0.2, 0.25) is 0 Å². The minimum atomic E-state index is -0.305. The number of hydrogen-bond acceptors (Lipinski definition) is 5. The molecule has 0 radical (unpaired) electrons. The van der Waals surface area contributed by atoms with Gasteiger partial charge in [-0.15, -0.1) is 0 Å². The number of fused-ring (bicyclic) bond motifs is 1. The van der Waals surface area contributed by atoms with Crippen LogP contribution in [0.3, 0.4) is 0 Å². The average Bonchev–Trinajstić information content (AvgIpc) is 3.22. The number of ether oxygens (including phenoxy) is 2. The van der Waals surface area contributed by atoms with Gasteiger partial charge in [-0.1, -0.05) is 6.58 Å². The number of amides is 1. The zero-order chi connectivity index (χ0) is 22.7. The lowest BCUT2D eigenvalue weighted by Crippen LogP contribution is -2.16. The summed E-state index contributed by atoms with van der Waals surface area (Å²) in [5.74, 6) is 0.315. The lowest BCUT2D eigenvalue weighted by molar-refractivity contribution is -0.113. The van der Waals surface area contributed by atoms with Crippen LogP contribution >= 0.6 is 0 Å². The second-order valence-corrected chi connectivity index (χ2v) is 7.45. The molecule has 0 saturated heterocycles. The number of aryl methyl sites for hydroxylation is 1. The Labute approximate surface area is 186 Å². The maximum Gasteiger partial charge on any atom is 0.253 e. The predicted octanol–water partition coefficient (Wildman–Crippen LogP) is 4.75. The molecule has 1 amide bonds. The van der Waals surface area contributed by atoms with Crippen molar-refractivity contribution < 1.29 is 14.3 Å². The van der Waals surface area contributed by atoms with Gasteiger partial charge in [-0.05, 0) is 48.4 Å². The Bertz CT molecular complexity index is 1310. The SMILES string of the molecule is C=C(COC)C(=O)Nc1cc(OC)cc(-c2cnc3[nH]cc(-c4ccnc(C)c4)c3c2)c1. The van der Waals surface area contributed by atoms with Gasteiger partial charge >= 0.3 is 0 Å². The third kappa shape index (κ3) is 4.38. The van der Waals surface area contributed by atoms with Gasteiger partial charge in [0.05, 0.1) is 13.7 Å². The molecule has 0 aliphatic heterocycles. The Hall–Kier alpha value is -3.97. The summed E-state index contributed by atoms with van der Waals surface area (Å²) in [5, 5.41) is 3.85. The van der Waals surface area contributed by atoms with Crippen LogP contribution in [0.5, 0.6) is 5.75 Å². The molecule has 0 unspecified atom stereocenters. The highest BCUT2D eigenvalue weighted by molar-refractivity contribution is 6.04. The molecule has 0 bridgehead atoms. The molecule has 0 aliphatic carbocycles. The van der Waals surface area contributed by atoms with E-state index < -0.39 is 0 Å². The maximum atomic E-state index is 12.4. The number of aromatic amines is 1. The number of benzene rings is 1. The van der Waals surface area contributed by atoms with Gasteiger partial charge in [-0.25, -0.2) is 4.98 Å².